The number of benzene rings is 2. The van der Waals surface area contributed by atoms with Crippen LogP contribution in [0.5, 0.6) is 5.75 Å². The van der Waals surface area contributed by atoms with E-state index in [1.54, 1.807) is 17.6 Å². The molecule has 28 heavy (non-hydrogen) atoms. The number of furan rings is 1. The van der Waals surface area contributed by atoms with Crippen LogP contribution in [0, 0.1) is 0 Å². The summed E-state index contributed by atoms with van der Waals surface area (Å²) >= 11 is 0. The largest absolute Gasteiger partial charge is 0.492 e. The van der Waals surface area contributed by atoms with Gasteiger partial charge in [-0.15, -0.1) is 0 Å². The molecule has 0 aliphatic heterocycles. The van der Waals surface area contributed by atoms with Crippen LogP contribution in [0.2, 0.25) is 0 Å². The van der Waals surface area contributed by atoms with Crippen molar-refractivity contribution < 1.29 is 24.0 Å². The van der Waals surface area contributed by atoms with Gasteiger partial charge in [0.25, 0.3) is 11.8 Å². The molecular formula is C20H21N3O5. The van der Waals surface area contributed by atoms with Crippen molar-refractivity contribution in [3.8, 4) is 5.75 Å². The molecule has 0 spiro atoms. The number of hydrogen-bond donors (Lipinski definition) is 4. The van der Waals surface area contributed by atoms with Gasteiger partial charge < -0.3 is 19.8 Å². The summed E-state index contributed by atoms with van der Waals surface area (Å²) < 4.78 is 11.3. The van der Waals surface area contributed by atoms with Crippen molar-refractivity contribution in [3.63, 3.8) is 0 Å². The van der Waals surface area contributed by atoms with Gasteiger partial charge in [0, 0.05) is 23.1 Å². The Kier molecular flexibility index (Phi) is 6.25. The van der Waals surface area contributed by atoms with E-state index in [9.17, 15) is 9.59 Å². The van der Waals surface area contributed by atoms with Crippen molar-refractivity contribution in [1.29, 1.82) is 0 Å². The first-order valence-corrected chi connectivity index (χ1v) is 8.74. The number of amides is 2. The van der Waals surface area contributed by atoms with E-state index < -0.39 is 5.91 Å². The van der Waals surface area contributed by atoms with Crippen molar-refractivity contribution in [3.05, 3.63) is 65.4 Å². The van der Waals surface area contributed by atoms with Gasteiger partial charge in [-0.3, -0.25) is 14.8 Å². The first-order valence-electron chi connectivity index (χ1n) is 8.74. The van der Waals surface area contributed by atoms with Gasteiger partial charge in [0.2, 0.25) is 0 Å². The smallest absolute Gasteiger partial charge is 0.287 e. The van der Waals surface area contributed by atoms with E-state index in [-0.39, 0.29) is 24.8 Å². The van der Waals surface area contributed by atoms with Crippen LogP contribution in [0.3, 0.4) is 0 Å². The van der Waals surface area contributed by atoms with Gasteiger partial charge in [-0.2, -0.15) is 0 Å². The van der Waals surface area contributed by atoms with E-state index in [2.05, 4.69) is 10.6 Å². The van der Waals surface area contributed by atoms with E-state index >= 15 is 0 Å². The highest BCUT2D eigenvalue weighted by atomic mass is 16.5. The molecule has 0 fully saturated rings. The Morgan fingerprint density at radius 1 is 1.07 bits per heavy atom. The Balaban J connectivity index is 1.57. The molecular weight excluding hydrogens is 362 g/mol. The highest BCUT2D eigenvalue weighted by Gasteiger charge is 2.19. The van der Waals surface area contributed by atoms with Crippen LogP contribution in [0.15, 0.2) is 52.9 Å². The molecule has 3 rings (SSSR count). The van der Waals surface area contributed by atoms with Crippen LogP contribution < -0.4 is 20.9 Å². The summed E-state index contributed by atoms with van der Waals surface area (Å²) in [6, 6.07) is 13.8. The van der Waals surface area contributed by atoms with E-state index in [1.165, 1.54) is 12.1 Å². The molecule has 0 radical (unpaired) electrons. The maximum atomic E-state index is 12.5. The quantitative estimate of drug-likeness (QED) is 0.269. The lowest BCUT2D eigenvalue weighted by Crippen LogP contribution is -2.28. The molecule has 146 valence electrons. The molecule has 3 aromatic rings. The van der Waals surface area contributed by atoms with Crippen molar-refractivity contribution in [2.45, 2.75) is 6.54 Å². The number of para-hydroxylation sites is 1. The highest BCUT2D eigenvalue weighted by molar-refractivity contribution is 5.99. The van der Waals surface area contributed by atoms with E-state index in [4.69, 9.17) is 14.4 Å². The highest BCUT2D eigenvalue weighted by Crippen LogP contribution is 2.25. The van der Waals surface area contributed by atoms with Gasteiger partial charge in [0.1, 0.15) is 17.9 Å². The molecule has 0 saturated carbocycles. The summed E-state index contributed by atoms with van der Waals surface area (Å²) in [5, 5.41) is 15.3. The van der Waals surface area contributed by atoms with Crippen LogP contribution in [0.1, 0.15) is 26.5 Å². The molecule has 1 heterocycles. The lowest BCUT2D eigenvalue weighted by molar-refractivity contribution is 0.0706. The first-order chi connectivity index (χ1) is 13.6. The van der Waals surface area contributed by atoms with Crippen molar-refractivity contribution in [2.75, 3.05) is 20.2 Å². The predicted octanol–water partition coefficient (Wildman–Crippen LogP) is 2.08. The number of carbonyl (C=O) groups excluding carboxylic acids is 2. The summed E-state index contributed by atoms with van der Waals surface area (Å²) in [4.78, 5) is 23.8. The summed E-state index contributed by atoms with van der Waals surface area (Å²) in [6.07, 6.45) is 0. The van der Waals surface area contributed by atoms with Crippen molar-refractivity contribution in [2.24, 2.45) is 0 Å². The summed E-state index contributed by atoms with van der Waals surface area (Å²) in [5.74, 6) is -0.0692. The minimum absolute atomic E-state index is 0.249. The second-order valence-corrected chi connectivity index (χ2v) is 6.01. The van der Waals surface area contributed by atoms with Crippen LogP contribution in [-0.2, 0) is 6.54 Å². The van der Waals surface area contributed by atoms with E-state index in [1.807, 2.05) is 31.3 Å². The van der Waals surface area contributed by atoms with Gasteiger partial charge >= 0.3 is 0 Å². The molecule has 0 aliphatic rings. The van der Waals surface area contributed by atoms with Crippen LogP contribution >= 0.6 is 0 Å². The van der Waals surface area contributed by atoms with Crippen molar-refractivity contribution in [1.82, 2.24) is 16.1 Å². The summed E-state index contributed by atoms with van der Waals surface area (Å²) in [6.45, 7) is 1.05. The normalized spacial score (nSPS) is 10.6. The van der Waals surface area contributed by atoms with Gasteiger partial charge in [0.05, 0.1) is 6.54 Å². The minimum Gasteiger partial charge on any atom is -0.492 e. The average Bonchev–Trinajstić information content (AvgIpc) is 3.10. The zero-order chi connectivity index (χ0) is 19.9. The second-order valence-electron chi connectivity index (χ2n) is 6.01. The number of rotatable bonds is 8. The molecule has 0 unspecified atom stereocenters. The maximum Gasteiger partial charge on any atom is 0.287 e. The maximum absolute atomic E-state index is 12.5. The average molecular weight is 383 g/mol. The lowest BCUT2D eigenvalue weighted by atomic mass is 10.1. The number of carbonyl (C=O) groups is 2. The molecule has 0 atom stereocenters. The van der Waals surface area contributed by atoms with Crippen molar-refractivity contribution >= 4 is 22.8 Å². The fourth-order valence-corrected chi connectivity index (χ4v) is 2.82. The van der Waals surface area contributed by atoms with E-state index in [0.717, 1.165) is 10.9 Å². The van der Waals surface area contributed by atoms with Gasteiger partial charge in [0.15, 0.2) is 5.76 Å². The van der Waals surface area contributed by atoms with Crippen LogP contribution in [0.4, 0.5) is 0 Å². The number of hydroxylamine groups is 1. The molecule has 2 aromatic carbocycles. The lowest BCUT2D eigenvalue weighted by Gasteiger charge is -2.08. The standard InChI is InChI=1S/C20H21N3O5/c1-21-12-16-15-4-2-3-5-17(15)28-18(16)20(25)22-10-11-27-14-8-6-13(7-9-14)19(24)23-26/h2-9,21,26H,10-12H2,1H3,(H,22,25)(H,23,24). The second kappa shape index (κ2) is 9.03. The fourth-order valence-electron chi connectivity index (χ4n) is 2.82. The van der Waals surface area contributed by atoms with Crippen LogP contribution in [0.25, 0.3) is 11.0 Å². The molecule has 0 aliphatic carbocycles. The Bertz CT molecular complexity index is 966. The summed E-state index contributed by atoms with van der Waals surface area (Å²) in [7, 11) is 1.81. The van der Waals surface area contributed by atoms with Crippen LogP contribution in [-0.4, -0.2) is 37.2 Å². The van der Waals surface area contributed by atoms with Gasteiger partial charge in [-0.05, 0) is 37.4 Å². The molecule has 4 N–H and O–H groups in total. The van der Waals surface area contributed by atoms with Gasteiger partial charge in [-0.1, -0.05) is 18.2 Å². The third-order valence-corrected chi connectivity index (χ3v) is 4.13. The topological polar surface area (TPSA) is 113 Å². The first kappa shape index (κ1) is 19.4. The molecule has 8 heteroatoms. The zero-order valence-corrected chi connectivity index (χ0v) is 15.3. The molecule has 8 nitrogen and oxygen atoms in total. The number of ether oxygens (including phenoxy) is 1. The summed E-state index contributed by atoms with van der Waals surface area (Å²) in [5.41, 5.74) is 3.36. The third-order valence-electron chi connectivity index (χ3n) is 4.13. The Hall–Kier alpha value is -3.36. The molecule has 0 bridgehead atoms. The Morgan fingerprint density at radius 2 is 1.82 bits per heavy atom. The third kappa shape index (κ3) is 4.30. The Morgan fingerprint density at radius 3 is 2.54 bits per heavy atom. The Labute approximate surface area is 161 Å². The van der Waals surface area contributed by atoms with E-state index in [0.29, 0.717) is 23.4 Å². The number of hydrogen-bond acceptors (Lipinski definition) is 6. The molecule has 2 amide bonds. The van der Waals surface area contributed by atoms with Gasteiger partial charge in [-0.25, -0.2) is 5.48 Å². The molecule has 1 aromatic heterocycles. The monoisotopic (exact) mass is 383 g/mol. The fraction of sp³-hybridized carbons (Fsp3) is 0.200. The number of nitrogens with one attached hydrogen (secondary N) is 3. The SMILES string of the molecule is CNCc1c(C(=O)NCCOc2ccc(C(=O)NO)cc2)oc2ccccc12. The number of fused-ring (bicyclic) bond motifs is 1. The predicted molar refractivity (Wildman–Crippen MR) is 103 cm³/mol. The zero-order valence-electron chi connectivity index (χ0n) is 15.3. The minimum atomic E-state index is -0.595. The molecule has 0 saturated heterocycles.